The van der Waals surface area contributed by atoms with Gasteiger partial charge >= 0.3 is 6.18 Å². The van der Waals surface area contributed by atoms with Gasteiger partial charge in [0, 0.05) is 6.04 Å². The minimum absolute atomic E-state index is 0.108. The zero-order valence-electron chi connectivity index (χ0n) is 5.99. The lowest BCUT2D eigenvalue weighted by molar-refractivity contribution is -0.152. The highest BCUT2D eigenvalue weighted by molar-refractivity contribution is 5.08. The fraction of sp³-hybridized carbons (Fsp3) is 1.00. The van der Waals surface area contributed by atoms with Crippen LogP contribution in [-0.2, 0) is 0 Å². The van der Waals surface area contributed by atoms with Gasteiger partial charge in [-0.2, -0.15) is 13.2 Å². The molecule has 11 heavy (non-hydrogen) atoms. The Labute approximate surface area is 63.0 Å². The number of nitrogens with one attached hydrogen (secondary N) is 1. The third-order valence-electron chi connectivity index (χ3n) is 2.64. The van der Waals surface area contributed by atoms with E-state index in [0.29, 0.717) is 0 Å². The van der Waals surface area contributed by atoms with Gasteiger partial charge in [0.15, 0.2) is 0 Å². The van der Waals surface area contributed by atoms with Gasteiger partial charge in [-0.1, -0.05) is 0 Å². The average molecular weight is 165 g/mol. The molecule has 2 rings (SSSR count). The summed E-state index contributed by atoms with van der Waals surface area (Å²) in [6.45, 7) is 0.758. The molecule has 2 fully saturated rings. The Morgan fingerprint density at radius 2 is 2.00 bits per heavy atom. The summed E-state index contributed by atoms with van der Waals surface area (Å²) in [6.07, 6.45) is -2.32. The van der Waals surface area contributed by atoms with Crippen molar-refractivity contribution in [2.24, 2.45) is 11.8 Å². The molecule has 1 saturated heterocycles. The van der Waals surface area contributed by atoms with Crippen LogP contribution in [0, 0.1) is 11.8 Å². The SMILES string of the molecule is FC(F)(F)[C@@H]1[C@@H]2CCCN[C@H]21. The van der Waals surface area contributed by atoms with Gasteiger partial charge in [0.2, 0.25) is 0 Å². The molecule has 0 aromatic heterocycles. The summed E-state index contributed by atoms with van der Waals surface area (Å²) in [5.41, 5.74) is 0. The molecule has 0 aromatic rings. The van der Waals surface area contributed by atoms with E-state index in [1.165, 1.54) is 0 Å². The van der Waals surface area contributed by atoms with Gasteiger partial charge in [-0.15, -0.1) is 0 Å². The molecule has 0 unspecified atom stereocenters. The predicted octanol–water partition coefficient (Wildman–Crippen LogP) is 1.55. The van der Waals surface area contributed by atoms with E-state index in [0.717, 1.165) is 19.4 Å². The van der Waals surface area contributed by atoms with Gasteiger partial charge in [0.05, 0.1) is 5.92 Å². The van der Waals surface area contributed by atoms with Gasteiger partial charge in [-0.25, -0.2) is 0 Å². The second-order valence-corrected chi connectivity index (χ2v) is 3.35. The third kappa shape index (κ3) is 1.13. The number of hydrogen-bond acceptors (Lipinski definition) is 1. The molecule has 1 heterocycles. The number of fused-ring (bicyclic) bond motifs is 1. The number of halogens is 3. The summed E-state index contributed by atoms with van der Waals surface area (Å²) >= 11 is 0. The Bertz CT molecular complexity index is 154. The monoisotopic (exact) mass is 165 g/mol. The Morgan fingerprint density at radius 1 is 1.27 bits per heavy atom. The second kappa shape index (κ2) is 2.12. The minimum Gasteiger partial charge on any atom is -0.313 e. The molecule has 1 N–H and O–H groups in total. The lowest BCUT2D eigenvalue weighted by atomic mass is 10.1. The maximum absolute atomic E-state index is 12.1. The Morgan fingerprint density at radius 3 is 2.45 bits per heavy atom. The maximum Gasteiger partial charge on any atom is 0.393 e. The molecule has 0 amide bonds. The Kier molecular flexibility index (Phi) is 1.43. The van der Waals surface area contributed by atoms with E-state index in [1.807, 2.05) is 0 Å². The highest BCUT2D eigenvalue weighted by Crippen LogP contribution is 2.53. The van der Waals surface area contributed by atoms with Crippen LogP contribution < -0.4 is 5.32 Å². The molecule has 0 bridgehead atoms. The van der Waals surface area contributed by atoms with Crippen molar-refractivity contribution in [3.63, 3.8) is 0 Å². The lowest BCUT2D eigenvalue weighted by Crippen LogP contribution is -2.26. The summed E-state index contributed by atoms with van der Waals surface area (Å²) in [7, 11) is 0. The Hall–Kier alpha value is -0.250. The molecule has 0 radical (unpaired) electrons. The van der Waals surface area contributed by atoms with Gasteiger partial charge < -0.3 is 5.32 Å². The molecule has 64 valence electrons. The molecule has 0 spiro atoms. The van der Waals surface area contributed by atoms with Gasteiger partial charge in [0.1, 0.15) is 0 Å². The van der Waals surface area contributed by atoms with Crippen molar-refractivity contribution in [2.45, 2.75) is 25.1 Å². The van der Waals surface area contributed by atoms with Crippen molar-refractivity contribution < 1.29 is 13.2 Å². The normalized spacial score (nSPS) is 43.4. The van der Waals surface area contributed by atoms with Crippen LogP contribution >= 0.6 is 0 Å². The van der Waals surface area contributed by atoms with E-state index >= 15 is 0 Å². The van der Waals surface area contributed by atoms with Crippen LogP contribution in [0.5, 0.6) is 0 Å². The van der Waals surface area contributed by atoms with Crippen molar-refractivity contribution in [1.82, 2.24) is 5.32 Å². The van der Waals surface area contributed by atoms with Crippen molar-refractivity contribution in [3.8, 4) is 0 Å². The Balaban J connectivity index is 2.00. The van der Waals surface area contributed by atoms with E-state index in [1.54, 1.807) is 0 Å². The first kappa shape index (κ1) is 7.40. The van der Waals surface area contributed by atoms with E-state index in [2.05, 4.69) is 5.32 Å². The highest BCUT2D eigenvalue weighted by atomic mass is 19.4. The average Bonchev–Trinajstić information content (AvgIpc) is 2.58. The maximum atomic E-state index is 12.1. The molecule has 2 aliphatic rings. The van der Waals surface area contributed by atoms with E-state index in [4.69, 9.17) is 0 Å². The van der Waals surface area contributed by atoms with Crippen LogP contribution in [0.15, 0.2) is 0 Å². The van der Waals surface area contributed by atoms with E-state index in [9.17, 15) is 13.2 Å². The number of alkyl halides is 3. The zero-order valence-corrected chi connectivity index (χ0v) is 5.99. The first-order chi connectivity index (χ1) is 5.11. The van der Waals surface area contributed by atoms with Crippen molar-refractivity contribution in [1.29, 1.82) is 0 Å². The van der Waals surface area contributed by atoms with Crippen molar-refractivity contribution >= 4 is 0 Å². The van der Waals surface area contributed by atoms with E-state index < -0.39 is 12.1 Å². The molecular weight excluding hydrogens is 155 g/mol. The predicted molar refractivity (Wildman–Crippen MR) is 34.1 cm³/mol. The summed E-state index contributed by atoms with van der Waals surface area (Å²) < 4.78 is 36.3. The van der Waals surface area contributed by atoms with Crippen LogP contribution in [0.1, 0.15) is 12.8 Å². The highest BCUT2D eigenvalue weighted by Gasteiger charge is 2.64. The molecule has 1 nitrogen and oxygen atoms in total. The summed E-state index contributed by atoms with van der Waals surface area (Å²) in [5, 5.41) is 2.89. The van der Waals surface area contributed by atoms with Crippen LogP contribution in [0.25, 0.3) is 0 Å². The minimum atomic E-state index is -3.97. The summed E-state index contributed by atoms with van der Waals surface area (Å²) in [6, 6.07) is -0.247. The fourth-order valence-electron chi connectivity index (χ4n) is 2.06. The summed E-state index contributed by atoms with van der Waals surface area (Å²) in [4.78, 5) is 0. The largest absolute Gasteiger partial charge is 0.393 e. The standard InChI is InChI=1S/C7H10F3N/c8-7(9,10)5-4-2-1-3-11-6(4)5/h4-6,11H,1-3H2/t4-,5+,6+/m0/s1. The number of hydrogen-bond donors (Lipinski definition) is 1. The smallest absolute Gasteiger partial charge is 0.313 e. The molecule has 3 atom stereocenters. The van der Waals surface area contributed by atoms with E-state index in [-0.39, 0.29) is 12.0 Å². The van der Waals surface area contributed by atoms with Gasteiger partial charge in [-0.3, -0.25) is 0 Å². The van der Waals surface area contributed by atoms with Crippen LogP contribution in [0.3, 0.4) is 0 Å². The van der Waals surface area contributed by atoms with Gasteiger partial charge in [0.25, 0.3) is 0 Å². The zero-order chi connectivity index (χ0) is 8.06. The topological polar surface area (TPSA) is 12.0 Å². The third-order valence-corrected chi connectivity index (χ3v) is 2.64. The second-order valence-electron chi connectivity index (χ2n) is 3.35. The first-order valence-corrected chi connectivity index (χ1v) is 3.91. The molecule has 1 aliphatic carbocycles. The van der Waals surface area contributed by atoms with Crippen molar-refractivity contribution in [2.75, 3.05) is 6.54 Å². The fourth-order valence-corrected chi connectivity index (χ4v) is 2.06. The molecule has 1 aliphatic heterocycles. The summed E-state index contributed by atoms with van der Waals surface area (Å²) in [5.74, 6) is -1.14. The van der Waals surface area contributed by atoms with Crippen LogP contribution in [0.2, 0.25) is 0 Å². The quantitative estimate of drug-likeness (QED) is 0.574. The molecule has 0 aromatic carbocycles. The van der Waals surface area contributed by atoms with Crippen LogP contribution in [-0.4, -0.2) is 18.8 Å². The molecular formula is C7H10F3N. The number of rotatable bonds is 0. The van der Waals surface area contributed by atoms with Crippen LogP contribution in [0.4, 0.5) is 13.2 Å². The molecule has 1 saturated carbocycles. The first-order valence-electron chi connectivity index (χ1n) is 3.91. The number of piperidine rings is 1. The van der Waals surface area contributed by atoms with Gasteiger partial charge in [-0.05, 0) is 25.3 Å². The van der Waals surface area contributed by atoms with Crippen molar-refractivity contribution in [3.05, 3.63) is 0 Å². The molecule has 4 heteroatoms. The lowest BCUT2D eigenvalue weighted by Gasteiger charge is -2.07.